The number of aromatic nitrogens is 2. The highest BCUT2D eigenvalue weighted by Gasteiger charge is 2.31. The van der Waals surface area contributed by atoms with Crippen LogP contribution >= 0.6 is 23.2 Å². The Hall–Kier alpha value is -1.10. The molecule has 3 rings (SSSR count). The highest BCUT2D eigenvalue weighted by molar-refractivity contribution is 6.36. The second-order valence-corrected chi connectivity index (χ2v) is 6.23. The van der Waals surface area contributed by atoms with Crippen molar-refractivity contribution in [1.82, 2.24) is 15.5 Å². The van der Waals surface area contributed by atoms with Crippen molar-refractivity contribution in [1.29, 1.82) is 0 Å². The van der Waals surface area contributed by atoms with Crippen molar-refractivity contribution in [2.45, 2.75) is 31.7 Å². The van der Waals surface area contributed by atoms with Gasteiger partial charge in [0.15, 0.2) is 5.82 Å². The molecular formula is C15H17Cl2N3O. The van der Waals surface area contributed by atoms with Crippen LogP contribution in [-0.4, -0.2) is 23.2 Å². The molecule has 0 amide bonds. The molecule has 1 aliphatic carbocycles. The van der Waals surface area contributed by atoms with E-state index in [1.54, 1.807) is 0 Å². The molecule has 1 unspecified atom stereocenters. The molecule has 1 aromatic heterocycles. The Morgan fingerprint density at radius 3 is 2.67 bits per heavy atom. The lowest BCUT2D eigenvalue weighted by Gasteiger charge is -2.11. The Balaban J connectivity index is 1.70. The summed E-state index contributed by atoms with van der Waals surface area (Å²) >= 11 is 12.3. The number of likely N-dealkylation sites (N-methyl/N-ethyl adjacent to an activating group) is 1. The fourth-order valence-electron chi connectivity index (χ4n) is 2.50. The Morgan fingerprint density at radius 2 is 2.05 bits per heavy atom. The Morgan fingerprint density at radius 1 is 1.33 bits per heavy atom. The topological polar surface area (TPSA) is 51.0 Å². The largest absolute Gasteiger partial charge is 0.339 e. The molecule has 0 radical (unpaired) electrons. The fraction of sp³-hybridized carbons (Fsp3) is 0.467. The summed E-state index contributed by atoms with van der Waals surface area (Å²) in [5, 5.41) is 8.60. The first-order valence-electron chi connectivity index (χ1n) is 7.09. The molecule has 1 aromatic carbocycles. The molecule has 0 saturated heterocycles. The number of benzene rings is 1. The summed E-state index contributed by atoms with van der Waals surface area (Å²) in [4.78, 5) is 4.45. The van der Waals surface area contributed by atoms with Gasteiger partial charge >= 0.3 is 0 Å². The summed E-state index contributed by atoms with van der Waals surface area (Å²) in [6.45, 7) is 0. The average Bonchev–Trinajstić information content (AvgIpc) is 3.21. The second kappa shape index (κ2) is 6.34. The number of nitrogens with one attached hydrogen (secondary N) is 1. The number of hydrogen-bond acceptors (Lipinski definition) is 4. The van der Waals surface area contributed by atoms with Crippen LogP contribution in [0.1, 0.15) is 30.1 Å². The van der Waals surface area contributed by atoms with Crippen molar-refractivity contribution in [3.05, 3.63) is 45.5 Å². The predicted octanol–water partition coefficient (Wildman–Crippen LogP) is 3.51. The van der Waals surface area contributed by atoms with E-state index >= 15 is 0 Å². The highest BCUT2D eigenvalue weighted by Crippen LogP contribution is 2.33. The van der Waals surface area contributed by atoms with Crippen molar-refractivity contribution >= 4 is 23.2 Å². The van der Waals surface area contributed by atoms with Crippen LogP contribution in [0.25, 0.3) is 0 Å². The number of hydrogen-bond donors (Lipinski definition) is 1. The quantitative estimate of drug-likeness (QED) is 0.883. The second-order valence-electron chi connectivity index (χ2n) is 5.42. The van der Waals surface area contributed by atoms with E-state index < -0.39 is 0 Å². The first kappa shape index (κ1) is 14.8. The van der Waals surface area contributed by atoms with Gasteiger partial charge in [-0.05, 0) is 43.5 Å². The molecule has 1 heterocycles. The maximum Gasteiger partial charge on any atom is 0.228 e. The van der Waals surface area contributed by atoms with E-state index in [0.29, 0.717) is 34.2 Å². The van der Waals surface area contributed by atoms with Crippen molar-refractivity contribution in [2.24, 2.45) is 5.92 Å². The summed E-state index contributed by atoms with van der Waals surface area (Å²) in [6, 6.07) is 5.87. The minimum atomic E-state index is 0.419. The molecule has 1 atom stereocenters. The molecule has 21 heavy (non-hydrogen) atoms. The summed E-state index contributed by atoms with van der Waals surface area (Å²) < 4.78 is 5.34. The van der Waals surface area contributed by atoms with Gasteiger partial charge in [-0.2, -0.15) is 4.98 Å². The molecule has 4 nitrogen and oxygen atoms in total. The lowest BCUT2D eigenvalue weighted by atomic mass is 10.1. The van der Waals surface area contributed by atoms with Gasteiger partial charge in [-0.1, -0.05) is 34.4 Å². The van der Waals surface area contributed by atoms with Gasteiger partial charge in [0, 0.05) is 28.9 Å². The van der Waals surface area contributed by atoms with Gasteiger partial charge in [-0.15, -0.1) is 0 Å². The van der Waals surface area contributed by atoms with Crippen molar-refractivity contribution < 1.29 is 4.52 Å². The van der Waals surface area contributed by atoms with Gasteiger partial charge in [0.25, 0.3) is 0 Å². The number of rotatable bonds is 6. The molecule has 1 fully saturated rings. The minimum absolute atomic E-state index is 0.419. The zero-order valence-electron chi connectivity index (χ0n) is 11.8. The molecule has 1 saturated carbocycles. The Labute approximate surface area is 133 Å². The molecule has 0 spiro atoms. The van der Waals surface area contributed by atoms with E-state index in [0.717, 1.165) is 17.9 Å². The fourth-order valence-corrected chi connectivity index (χ4v) is 3.03. The Bertz CT molecular complexity index is 605. The van der Waals surface area contributed by atoms with Crippen molar-refractivity contribution in [3.63, 3.8) is 0 Å². The third-order valence-corrected chi connectivity index (χ3v) is 4.57. The number of halogens is 2. The summed E-state index contributed by atoms with van der Waals surface area (Å²) in [6.07, 6.45) is 3.81. The van der Waals surface area contributed by atoms with E-state index in [1.165, 1.54) is 12.8 Å². The van der Waals surface area contributed by atoms with Gasteiger partial charge in [0.1, 0.15) is 0 Å². The molecule has 0 bridgehead atoms. The summed E-state index contributed by atoms with van der Waals surface area (Å²) in [5.74, 6) is 2.02. The van der Waals surface area contributed by atoms with Gasteiger partial charge in [0.2, 0.25) is 5.89 Å². The van der Waals surface area contributed by atoms with Crippen molar-refractivity contribution in [3.8, 4) is 0 Å². The van der Waals surface area contributed by atoms with E-state index in [2.05, 4.69) is 15.5 Å². The van der Waals surface area contributed by atoms with Crippen LogP contribution in [0.4, 0.5) is 0 Å². The summed E-state index contributed by atoms with van der Waals surface area (Å²) in [5.41, 5.74) is 0.834. The smallest absolute Gasteiger partial charge is 0.228 e. The van der Waals surface area contributed by atoms with Crippen LogP contribution in [-0.2, 0) is 12.8 Å². The van der Waals surface area contributed by atoms with Crippen LogP contribution in [0, 0.1) is 5.92 Å². The monoisotopic (exact) mass is 325 g/mol. The zero-order chi connectivity index (χ0) is 14.8. The predicted molar refractivity (Wildman–Crippen MR) is 82.8 cm³/mol. The molecule has 112 valence electrons. The van der Waals surface area contributed by atoms with E-state index in [-0.39, 0.29) is 0 Å². The first-order chi connectivity index (χ1) is 10.2. The maximum atomic E-state index is 6.16. The van der Waals surface area contributed by atoms with Gasteiger partial charge in [-0.3, -0.25) is 0 Å². The normalized spacial score (nSPS) is 16.1. The van der Waals surface area contributed by atoms with Crippen LogP contribution in [0.5, 0.6) is 0 Å². The highest BCUT2D eigenvalue weighted by atomic mass is 35.5. The molecule has 1 N–H and O–H groups in total. The number of nitrogens with zero attached hydrogens (tertiary/aromatic N) is 2. The third kappa shape index (κ3) is 3.57. The van der Waals surface area contributed by atoms with Crippen LogP contribution in [0.2, 0.25) is 10.0 Å². The van der Waals surface area contributed by atoms with Gasteiger partial charge < -0.3 is 9.84 Å². The SMILES string of the molecule is CNC(Cc1nc(Cc2c(Cl)cccc2Cl)no1)C1CC1. The summed E-state index contributed by atoms with van der Waals surface area (Å²) in [7, 11) is 1.98. The maximum absolute atomic E-state index is 6.16. The van der Waals surface area contributed by atoms with Crippen LogP contribution in [0.15, 0.2) is 22.7 Å². The third-order valence-electron chi connectivity index (χ3n) is 3.86. The lowest BCUT2D eigenvalue weighted by Crippen LogP contribution is -2.29. The minimum Gasteiger partial charge on any atom is -0.339 e. The molecule has 2 aromatic rings. The van der Waals surface area contributed by atoms with E-state index in [1.807, 2.05) is 25.2 Å². The molecule has 6 heteroatoms. The van der Waals surface area contributed by atoms with Gasteiger partial charge in [0.05, 0.1) is 0 Å². The zero-order valence-corrected chi connectivity index (χ0v) is 13.3. The van der Waals surface area contributed by atoms with E-state index in [4.69, 9.17) is 27.7 Å². The standard InChI is InChI=1S/C15H17Cl2N3O/c1-18-13(9-5-6-9)8-15-19-14(20-21-15)7-10-11(16)3-2-4-12(10)17/h2-4,9,13,18H,5-8H2,1H3. The lowest BCUT2D eigenvalue weighted by molar-refractivity contribution is 0.349. The first-order valence-corrected chi connectivity index (χ1v) is 7.84. The Kier molecular flexibility index (Phi) is 4.48. The van der Waals surface area contributed by atoms with E-state index in [9.17, 15) is 0 Å². The van der Waals surface area contributed by atoms with Crippen LogP contribution in [0.3, 0.4) is 0 Å². The van der Waals surface area contributed by atoms with Crippen LogP contribution < -0.4 is 5.32 Å². The van der Waals surface area contributed by atoms with Gasteiger partial charge in [-0.25, -0.2) is 0 Å². The molecule has 0 aliphatic heterocycles. The molecule has 1 aliphatic rings. The van der Waals surface area contributed by atoms with Crippen molar-refractivity contribution in [2.75, 3.05) is 7.05 Å². The average molecular weight is 326 g/mol. The molecular weight excluding hydrogens is 309 g/mol.